The van der Waals surface area contributed by atoms with Crippen LogP contribution < -0.4 is 14.9 Å². The maximum atomic E-state index is 12.9. The van der Waals surface area contributed by atoms with Crippen LogP contribution in [0.4, 0.5) is 0 Å². The summed E-state index contributed by atoms with van der Waals surface area (Å²) in [5.74, 6) is -1.92. The summed E-state index contributed by atoms with van der Waals surface area (Å²) < 4.78 is 21.7. The highest BCUT2D eigenvalue weighted by Gasteiger charge is 2.45. The minimum Gasteiger partial charge on any atom is -0.508 e. The molecule has 0 aliphatic carbocycles. The standard InChI is InChI=1S/C22H22O12/c1-31-21-17(28)15-11(26)5-9(24)6-13(15)32-20(21)8-2-3-10(25)12(4-8)33-22-19(30)18(29)16(27)14(7-23)34-22/h2-6,14,16,18-19,22-27,29-30H,7H2,1H3. The largest absolute Gasteiger partial charge is 0.508 e. The summed E-state index contributed by atoms with van der Waals surface area (Å²) in [6, 6.07) is 5.89. The van der Waals surface area contributed by atoms with Crippen molar-refractivity contribution >= 4 is 11.0 Å². The summed E-state index contributed by atoms with van der Waals surface area (Å²) in [6.07, 6.45) is -7.81. The lowest BCUT2D eigenvalue weighted by molar-refractivity contribution is -0.277. The molecule has 0 saturated carbocycles. The average Bonchev–Trinajstić information content (AvgIpc) is 2.80. The number of phenols is 3. The molecule has 0 spiro atoms. The molecule has 7 N–H and O–H groups in total. The van der Waals surface area contributed by atoms with Crippen LogP contribution in [0, 0.1) is 0 Å². The first kappa shape index (κ1) is 23.6. The van der Waals surface area contributed by atoms with E-state index in [0.29, 0.717) is 0 Å². The number of benzene rings is 2. The molecule has 4 rings (SSSR count). The fourth-order valence-corrected chi connectivity index (χ4v) is 3.68. The van der Waals surface area contributed by atoms with Gasteiger partial charge in [0.15, 0.2) is 17.3 Å². The second-order valence-corrected chi connectivity index (χ2v) is 7.63. The molecule has 1 aliphatic rings. The van der Waals surface area contributed by atoms with Crippen LogP contribution in [0.1, 0.15) is 0 Å². The minimum absolute atomic E-state index is 0.122. The molecule has 1 fully saturated rings. The first-order chi connectivity index (χ1) is 16.2. The summed E-state index contributed by atoms with van der Waals surface area (Å²) in [5.41, 5.74) is -0.695. The smallest absolute Gasteiger partial charge is 0.239 e. The molecule has 1 saturated heterocycles. The van der Waals surface area contributed by atoms with E-state index in [4.69, 9.17) is 18.6 Å². The van der Waals surface area contributed by atoms with Gasteiger partial charge < -0.3 is 54.4 Å². The first-order valence-corrected chi connectivity index (χ1v) is 10.0. The molecular weight excluding hydrogens is 456 g/mol. The highest BCUT2D eigenvalue weighted by Crippen LogP contribution is 2.39. The third-order valence-corrected chi connectivity index (χ3v) is 5.44. The second-order valence-electron chi connectivity index (χ2n) is 7.63. The molecule has 2 heterocycles. The highest BCUT2D eigenvalue weighted by atomic mass is 16.7. The van der Waals surface area contributed by atoms with Gasteiger partial charge in [0, 0.05) is 17.7 Å². The Kier molecular flexibility index (Phi) is 6.25. The third-order valence-electron chi connectivity index (χ3n) is 5.44. The number of ether oxygens (including phenoxy) is 3. The van der Waals surface area contributed by atoms with Crippen molar-refractivity contribution in [3.63, 3.8) is 0 Å². The van der Waals surface area contributed by atoms with Gasteiger partial charge in [0.05, 0.1) is 13.7 Å². The molecular formula is C22H22O12. The van der Waals surface area contributed by atoms with Crippen LogP contribution >= 0.6 is 0 Å². The Bertz CT molecular complexity index is 1270. The van der Waals surface area contributed by atoms with E-state index in [1.807, 2.05) is 0 Å². The fourth-order valence-electron chi connectivity index (χ4n) is 3.68. The lowest BCUT2D eigenvalue weighted by Crippen LogP contribution is -2.60. The Morgan fingerprint density at radius 1 is 0.971 bits per heavy atom. The van der Waals surface area contributed by atoms with Gasteiger partial charge in [0.1, 0.15) is 46.9 Å². The zero-order valence-electron chi connectivity index (χ0n) is 17.7. The molecule has 182 valence electrons. The fraction of sp³-hybridized carbons (Fsp3) is 0.318. The molecule has 1 aliphatic heterocycles. The van der Waals surface area contributed by atoms with E-state index in [2.05, 4.69) is 0 Å². The number of aliphatic hydroxyl groups excluding tert-OH is 4. The molecule has 0 amide bonds. The molecule has 12 nitrogen and oxygen atoms in total. The average molecular weight is 478 g/mol. The van der Waals surface area contributed by atoms with Gasteiger partial charge in [-0.1, -0.05) is 0 Å². The molecule has 5 atom stereocenters. The number of hydrogen-bond acceptors (Lipinski definition) is 12. The van der Waals surface area contributed by atoms with Crippen molar-refractivity contribution in [1.82, 2.24) is 0 Å². The molecule has 2 aromatic carbocycles. The summed E-state index contributed by atoms with van der Waals surface area (Å²) in [7, 11) is 1.21. The minimum atomic E-state index is -1.72. The third kappa shape index (κ3) is 3.97. The molecule has 3 aromatic rings. The Hall–Kier alpha value is -3.55. The Morgan fingerprint density at radius 2 is 1.71 bits per heavy atom. The molecule has 1 aromatic heterocycles. The van der Waals surface area contributed by atoms with E-state index in [-0.39, 0.29) is 39.5 Å². The van der Waals surface area contributed by atoms with Crippen LogP contribution in [0.5, 0.6) is 28.7 Å². The summed E-state index contributed by atoms with van der Waals surface area (Å²) >= 11 is 0. The van der Waals surface area contributed by atoms with E-state index in [1.54, 1.807) is 0 Å². The van der Waals surface area contributed by atoms with E-state index >= 15 is 0 Å². The SMILES string of the molecule is COc1c(-c2ccc(O)c(OC3OC(CO)C(O)C(O)C3O)c2)oc2cc(O)cc(O)c2c1=O. The zero-order chi connectivity index (χ0) is 24.7. The Labute approximate surface area is 191 Å². The van der Waals surface area contributed by atoms with Crippen LogP contribution in [0.3, 0.4) is 0 Å². The van der Waals surface area contributed by atoms with Gasteiger partial charge in [-0.05, 0) is 18.2 Å². The number of aliphatic hydroxyl groups is 4. The molecule has 0 bridgehead atoms. The monoisotopic (exact) mass is 478 g/mol. The van der Waals surface area contributed by atoms with Crippen molar-refractivity contribution in [1.29, 1.82) is 0 Å². The Morgan fingerprint density at radius 3 is 2.38 bits per heavy atom. The van der Waals surface area contributed by atoms with Crippen LogP contribution in [-0.4, -0.2) is 80.2 Å². The highest BCUT2D eigenvalue weighted by molar-refractivity contribution is 5.88. The van der Waals surface area contributed by atoms with Gasteiger partial charge in [0.25, 0.3) is 0 Å². The number of hydrogen-bond donors (Lipinski definition) is 7. The topological polar surface area (TPSA) is 200 Å². The van der Waals surface area contributed by atoms with Crippen molar-refractivity contribution < 1.29 is 54.4 Å². The van der Waals surface area contributed by atoms with Crippen molar-refractivity contribution in [2.45, 2.75) is 30.7 Å². The molecule has 5 unspecified atom stereocenters. The summed E-state index contributed by atoms with van der Waals surface area (Å²) in [4.78, 5) is 12.9. The number of methoxy groups -OCH3 is 1. The van der Waals surface area contributed by atoms with Crippen molar-refractivity contribution in [3.05, 3.63) is 40.6 Å². The molecule has 12 heteroatoms. The van der Waals surface area contributed by atoms with E-state index < -0.39 is 54.2 Å². The van der Waals surface area contributed by atoms with Crippen LogP contribution in [-0.2, 0) is 4.74 Å². The van der Waals surface area contributed by atoms with Crippen LogP contribution in [0.2, 0.25) is 0 Å². The van der Waals surface area contributed by atoms with E-state index in [1.165, 1.54) is 25.3 Å². The molecule has 34 heavy (non-hydrogen) atoms. The second kappa shape index (κ2) is 9.00. The molecule has 0 radical (unpaired) electrons. The lowest BCUT2D eigenvalue weighted by atomic mass is 9.99. The van der Waals surface area contributed by atoms with Crippen LogP contribution in [0.25, 0.3) is 22.3 Å². The number of aromatic hydroxyl groups is 3. The number of rotatable bonds is 5. The zero-order valence-corrected chi connectivity index (χ0v) is 17.7. The Balaban J connectivity index is 1.77. The van der Waals surface area contributed by atoms with Crippen molar-refractivity contribution in [2.24, 2.45) is 0 Å². The van der Waals surface area contributed by atoms with Gasteiger partial charge in [-0.25, -0.2) is 0 Å². The van der Waals surface area contributed by atoms with Gasteiger partial charge >= 0.3 is 0 Å². The normalized spacial score (nSPS) is 24.8. The lowest BCUT2D eigenvalue weighted by Gasteiger charge is -2.39. The maximum absolute atomic E-state index is 12.9. The van der Waals surface area contributed by atoms with Crippen LogP contribution in [0.15, 0.2) is 39.5 Å². The van der Waals surface area contributed by atoms with Gasteiger partial charge in [-0.3, -0.25) is 4.79 Å². The quantitative estimate of drug-likeness (QED) is 0.254. The predicted molar refractivity (Wildman–Crippen MR) is 114 cm³/mol. The first-order valence-electron chi connectivity index (χ1n) is 10.0. The summed E-state index contributed by atoms with van der Waals surface area (Å²) in [5, 5.41) is 69.2. The summed E-state index contributed by atoms with van der Waals surface area (Å²) in [6.45, 7) is -0.671. The van der Waals surface area contributed by atoms with E-state index in [0.717, 1.165) is 12.1 Å². The maximum Gasteiger partial charge on any atom is 0.239 e. The van der Waals surface area contributed by atoms with Gasteiger partial charge in [-0.2, -0.15) is 0 Å². The van der Waals surface area contributed by atoms with Crippen molar-refractivity contribution in [2.75, 3.05) is 13.7 Å². The number of phenolic OH excluding ortho intramolecular Hbond substituents is 3. The van der Waals surface area contributed by atoms with E-state index in [9.17, 15) is 40.5 Å². The van der Waals surface area contributed by atoms with Gasteiger partial charge in [-0.15, -0.1) is 0 Å². The predicted octanol–water partition coefficient (Wildman–Crippen LogP) is -0.236. The van der Waals surface area contributed by atoms with Crippen molar-refractivity contribution in [3.8, 4) is 40.1 Å². The number of fused-ring (bicyclic) bond motifs is 1. The van der Waals surface area contributed by atoms with Gasteiger partial charge in [0.2, 0.25) is 17.5 Å².